The second-order valence-electron chi connectivity index (χ2n) is 18.2. The number of carbonyl (C=O) groups excluding carboxylic acids is 3. The number of ether oxygens (including phenoxy) is 3. The van der Waals surface area contributed by atoms with Gasteiger partial charge in [-0.05, 0) is 86.8 Å². The highest BCUT2D eigenvalue weighted by Crippen LogP contribution is 2.31. The molecule has 378 valence electrons. The molecule has 2 fully saturated rings. The molecule has 2 unspecified atom stereocenters. The highest BCUT2D eigenvalue weighted by molar-refractivity contribution is 6.04. The van der Waals surface area contributed by atoms with Crippen molar-refractivity contribution in [1.82, 2.24) is 19.1 Å². The zero-order valence-corrected chi connectivity index (χ0v) is 41.4. The first-order valence-corrected chi connectivity index (χ1v) is 24.3. The van der Waals surface area contributed by atoms with Crippen LogP contribution >= 0.6 is 0 Å². The van der Waals surface area contributed by atoms with Crippen LogP contribution in [0.1, 0.15) is 148 Å². The number of nitrogens with one attached hydrogen (secondary N) is 1. The molecule has 16 heteroatoms. The zero-order chi connectivity index (χ0) is 51.5. The molecule has 4 heterocycles. The van der Waals surface area contributed by atoms with E-state index in [2.05, 4.69) is 43.0 Å². The molecule has 5 N–H and O–H groups in total. The number of nitrogens with two attached hydrogens (primary N) is 1. The largest absolute Gasteiger partial charge is 0.390 e. The SMILES string of the molecule is CC[C@H]1O[C@@H](n2cc(/C=C/CCC(C)C)c(N)nc2=O)CC1O.CC[C@H]1O[C@@H](n2cc(/C=C/CCC(C)C)c(NC(=O)c3ccccc3)nc2=O)CC1O.O=C(OC(=O)c1ccccc1)c1ccccc1. The Kier molecular flexibility index (Phi) is 21.3. The van der Waals surface area contributed by atoms with Crippen LogP contribution in [0.5, 0.6) is 0 Å². The average Bonchev–Trinajstić information content (AvgIpc) is 3.94. The zero-order valence-electron chi connectivity index (χ0n) is 41.4. The van der Waals surface area contributed by atoms with E-state index in [1.807, 2.05) is 44.2 Å². The minimum Gasteiger partial charge on any atom is -0.390 e. The standard InChI is InChI=1S/C24H31N3O4.C17H27N3O3.C14H10O3/c1-4-20-19(28)14-21(31-20)27-15-18(13-9-8-10-16(2)3)22(26-24(27)30)25-23(29)17-11-6-5-7-12-17;1-4-14-13(21)9-15(23-14)20-10-12(16(18)19-17(20)22)8-6-5-7-11(2)3;15-13(11-7-3-1-4-8-11)17-14(16)12-9-5-2-6-10-12/h5-7,9,11-13,15-16,19-21,28H,4,8,10,14H2,1-3H3,(H,25,26,29,30);6,8,10-11,13-15,21H,4-5,7,9H2,1-3H3,(H2,18,19,22);1-10H/b13-9+;8-6+;/t19?,20-,21-;13?,14-,15-;/m11./s1. The quantitative estimate of drug-likeness (QED) is 0.0535. The maximum atomic E-state index is 12.7. The van der Waals surface area contributed by atoms with Gasteiger partial charge in [0.1, 0.15) is 24.1 Å². The Morgan fingerprint density at radius 3 is 1.51 bits per heavy atom. The number of anilines is 2. The third kappa shape index (κ3) is 16.6. The van der Waals surface area contributed by atoms with Crippen LogP contribution in [0.15, 0.2) is 125 Å². The molecule has 3 aromatic carbocycles. The molecule has 0 spiro atoms. The predicted molar refractivity (Wildman–Crippen MR) is 274 cm³/mol. The monoisotopic (exact) mass is 972 g/mol. The molecule has 16 nitrogen and oxygen atoms in total. The van der Waals surface area contributed by atoms with Crippen molar-refractivity contribution in [2.24, 2.45) is 11.8 Å². The first-order chi connectivity index (χ1) is 34.1. The molecule has 71 heavy (non-hydrogen) atoms. The average molecular weight is 973 g/mol. The van der Waals surface area contributed by atoms with Gasteiger partial charge < -0.3 is 35.5 Å². The Balaban J connectivity index is 0.000000207. The summed E-state index contributed by atoms with van der Waals surface area (Å²) in [7, 11) is 0. The smallest absolute Gasteiger partial charge is 0.351 e. The maximum Gasteiger partial charge on any atom is 0.351 e. The van der Waals surface area contributed by atoms with Crippen molar-refractivity contribution in [1.29, 1.82) is 0 Å². The Bertz CT molecular complexity index is 2620. The summed E-state index contributed by atoms with van der Waals surface area (Å²) in [6, 6.07) is 25.6. The van der Waals surface area contributed by atoms with Crippen molar-refractivity contribution < 1.29 is 38.8 Å². The van der Waals surface area contributed by atoms with Crippen LogP contribution in [-0.4, -0.2) is 71.6 Å². The van der Waals surface area contributed by atoms with E-state index in [1.54, 1.807) is 97.3 Å². The van der Waals surface area contributed by atoms with E-state index < -0.39 is 48.0 Å². The lowest BCUT2D eigenvalue weighted by molar-refractivity contribution is -0.0217. The predicted octanol–water partition coefficient (Wildman–Crippen LogP) is 9.02. The molecule has 6 atom stereocenters. The lowest BCUT2D eigenvalue weighted by Gasteiger charge is -2.17. The second-order valence-corrected chi connectivity index (χ2v) is 18.2. The van der Waals surface area contributed by atoms with Crippen LogP contribution < -0.4 is 22.4 Å². The molecular formula is C55H68N6O10. The van der Waals surface area contributed by atoms with Crippen LogP contribution in [0, 0.1) is 11.8 Å². The van der Waals surface area contributed by atoms with Gasteiger partial charge in [-0.15, -0.1) is 0 Å². The minimum absolute atomic E-state index is 0.210. The topological polar surface area (TPSA) is 227 Å². The van der Waals surface area contributed by atoms with Crippen molar-refractivity contribution in [2.45, 2.75) is 130 Å². The van der Waals surface area contributed by atoms with E-state index in [0.29, 0.717) is 65.3 Å². The van der Waals surface area contributed by atoms with Crippen molar-refractivity contribution >= 4 is 41.6 Å². The number of aromatic nitrogens is 4. The molecule has 0 bridgehead atoms. The van der Waals surface area contributed by atoms with Crippen molar-refractivity contribution in [3.63, 3.8) is 0 Å². The fourth-order valence-corrected chi connectivity index (χ4v) is 7.65. The Labute approximate surface area is 415 Å². The number of benzene rings is 3. The molecule has 2 saturated heterocycles. The Hall–Kier alpha value is -6.85. The van der Waals surface area contributed by atoms with Gasteiger partial charge in [-0.2, -0.15) is 9.97 Å². The summed E-state index contributed by atoms with van der Waals surface area (Å²) < 4.78 is 19.2. The number of aliphatic hydroxyl groups is 2. The highest BCUT2D eigenvalue weighted by atomic mass is 16.6. The molecule has 2 aromatic heterocycles. The summed E-state index contributed by atoms with van der Waals surface area (Å²) in [5.74, 6) is 0.0375. The summed E-state index contributed by atoms with van der Waals surface area (Å²) in [5.41, 5.74) is 7.38. The normalized spacial score (nSPS) is 19.6. The number of nitrogen functional groups attached to an aromatic ring is 1. The summed E-state index contributed by atoms with van der Waals surface area (Å²) >= 11 is 0. The second kappa shape index (κ2) is 27.5. The highest BCUT2D eigenvalue weighted by Gasteiger charge is 2.35. The van der Waals surface area contributed by atoms with Gasteiger partial charge in [0.2, 0.25) is 0 Å². The number of amides is 1. The summed E-state index contributed by atoms with van der Waals surface area (Å²) in [5, 5.41) is 22.9. The summed E-state index contributed by atoms with van der Waals surface area (Å²) in [6.45, 7) is 12.6. The van der Waals surface area contributed by atoms with E-state index in [9.17, 15) is 34.2 Å². The van der Waals surface area contributed by atoms with Gasteiger partial charge in [-0.1, -0.05) is 120 Å². The number of allylic oxidation sites excluding steroid dienone is 2. The van der Waals surface area contributed by atoms with Gasteiger partial charge in [-0.25, -0.2) is 19.2 Å². The molecule has 2 aliphatic rings. The number of hydrogen-bond acceptors (Lipinski definition) is 13. The maximum absolute atomic E-state index is 12.7. The summed E-state index contributed by atoms with van der Waals surface area (Å²) in [6.07, 6.45) is 14.4. The van der Waals surface area contributed by atoms with E-state index in [0.717, 1.165) is 25.7 Å². The van der Waals surface area contributed by atoms with E-state index in [4.69, 9.17) is 19.9 Å². The number of nitrogens with zero attached hydrogens (tertiary/aromatic N) is 4. The van der Waals surface area contributed by atoms with Gasteiger partial charge in [0.15, 0.2) is 0 Å². The van der Waals surface area contributed by atoms with Gasteiger partial charge in [-0.3, -0.25) is 13.9 Å². The number of esters is 2. The molecule has 2 aliphatic heterocycles. The molecule has 0 saturated carbocycles. The lowest BCUT2D eigenvalue weighted by atomic mass is 10.1. The third-order valence-corrected chi connectivity index (χ3v) is 11.7. The minimum atomic E-state index is -0.639. The van der Waals surface area contributed by atoms with Gasteiger partial charge >= 0.3 is 23.3 Å². The molecule has 5 aromatic rings. The number of aliphatic hydroxyl groups excluding tert-OH is 2. The Morgan fingerprint density at radius 1 is 0.676 bits per heavy atom. The van der Waals surface area contributed by atoms with Gasteiger partial charge in [0.25, 0.3) is 5.91 Å². The lowest BCUT2D eigenvalue weighted by Crippen LogP contribution is -2.29. The summed E-state index contributed by atoms with van der Waals surface area (Å²) in [4.78, 5) is 68.6. The van der Waals surface area contributed by atoms with E-state index >= 15 is 0 Å². The van der Waals surface area contributed by atoms with Crippen LogP contribution in [-0.2, 0) is 14.2 Å². The first-order valence-electron chi connectivity index (χ1n) is 24.3. The first kappa shape index (κ1) is 55.1. The fourth-order valence-electron chi connectivity index (χ4n) is 7.65. The Morgan fingerprint density at radius 2 is 1.08 bits per heavy atom. The van der Waals surface area contributed by atoms with Crippen LogP contribution in [0.4, 0.5) is 11.6 Å². The molecular weight excluding hydrogens is 905 g/mol. The molecule has 0 aliphatic carbocycles. The van der Waals surface area contributed by atoms with E-state index in [1.165, 1.54) is 9.13 Å². The third-order valence-electron chi connectivity index (χ3n) is 11.7. The number of carbonyl (C=O) groups is 3. The van der Waals surface area contributed by atoms with Crippen molar-refractivity contribution in [2.75, 3.05) is 11.1 Å². The van der Waals surface area contributed by atoms with Crippen LogP contribution in [0.2, 0.25) is 0 Å². The van der Waals surface area contributed by atoms with Crippen LogP contribution in [0.25, 0.3) is 12.2 Å². The number of rotatable bonds is 16. The number of hydrogen-bond donors (Lipinski definition) is 4. The molecule has 7 rings (SSSR count). The van der Waals surface area contributed by atoms with Gasteiger partial charge in [0, 0.05) is 41.9 Å². The molecule has 1 amide bonds. The van der Waals surface area contributed by atoms with Crippen molar-refractivity contribution in [3.8, 4) is 0 Å². The van der Waals surface area contributed by atoms with Crippen molar-refractivity contribution in [3.05, 3.63) is 164 Å². The van der Waals surface area contributed by atoms with Crippen LogP contribution in [0.3, 0.4) is 0 Å². The van der Waals surface area contributed by atoms with E-state index in [-0.39, 0.29) is 29.8 Å². The van der Waals surface area contributed by atoms with Gasteiger partial charge in [0.05, 0.1) is 35.5 Å². The fraction of sp³-hybridized carbons (Fsp3) is 0.400. The molecule has 0 radical (unpaired) electrons.